The molecule has 3 amide bonds. The molecule has 0 bridgehead atoms. The van der Waals surface area contributed by atoms with Crippen LogP contribution in [0.15, 0.2) is 24.3 Å². The van der Waals surface area contributed by atoms with Crippen LogP contribution in [-0.4, -0.2) is 80.6 Å². The molecule has 176 valence electrons. The number of carbonyl (C=O) groups excluding carboxylic acids is 3. The zero-order chi connectivity index (χ0) is 22.9. The molecule has 1 unspecified atom stereocenters. The van der Waals surface area contributed by atoms with Gasteiger partial charge in [-0.15, -0.1) is 0 Å². The summed E-state index contributed by atoms with van der Waals surface area (Å²) in [6.07, 6.45) is 2.42. The monoisotopic (exact) mass is 445 g/mol. The van der Waals surface area contributed by atoms with Gasteiger partial charge in [0.05, 0.1) is 25.6 Å². The number of piperidine rings is 1. The van der Waals surface area contributed by atoms with E-state index in [0.29, 0.717) is 58.3 Å². The third kappa shape index (κ3) is 6.69. The number of carbonyl (C=O) groups is 3. The summed E-state index contributed by atoms with van der Waals surface area (Å²) in [5, 5.41) is 2.82. The number of methoxy groups -OCH3 is 1. The molecule has 32 heavy (non-hydrogen) atoms. The quantitative estimate of drug-likeness (QED) is 0.551. The Morgan fingerprint density at radius 1 is 1.16 bits per heavy atom. The molecular formula is C24H35N3O5. The summed E-state index contributed by atoms with van der Waals surface area (Å²) in [5.41, 5.74) is 0.984. The zero-order valence-electron chi connectivity index (χ0n) is 19.2. The fourth-order valence-electron chi connectivity index (χ4n) is 4.38. The van der Waals surface area contributed by atoms with Gasteiger partial charge in [0.25, 0.3) is 0 Å². The molecule has 2 fully saturated rings. The van der Waals surface area contributed by atoms with Gasteiger partial charge in [0, 0.05) is 46.3 Å². The van der Waals surface area contributed by atoms with Crippen molar-refractivity contribution in [2.45, 2.75) is 32.6 Å². The molecule has 1 atom stereocenters. The second-order valence-electron chi connectivity index (χ2n) is 8.56. The Hall–Kier alpha value is -2.61. The number of likely N-dealkylation sites (tertiary alicyclic amines) is 2. The summed E-state index contributed by atoms with van der Waals surface area (Å²) in [6.45, 7) is 6.07. The fourth-order valence-corrected chi connectivity index (χ4v) is 4.38. The predicted molar refractivity (Wildman–Crippen MR) is 120 cm³/mol. The molecule has 2 aliphatic heterocycles. The first-order chi connectivity index (χ1) is 15.5. The van der Waals surface area contributed by atoms with Gasteiger partial charge in [-0.1, -0.05) is 12.1 Å². The number of nitrogens with one attached hydrogen (secondary N) is 1. The van der Waals surface area contributed by atoms with Gasteiger partial charge in [-0.05, 0) is 43.4 Å². The summed E-state index contributed by atoms with van der Waals surface area (Å²) >= 11 is 0. The second-order valence-corrected chi connectivity index (χ2v) is 8.56. The number of hydrogen-bond donors (Lipinski definition) is 1. The third-order valence-corrected chi connectivity index (χ3v) is 6.23. The Morgan fingerprint density at radius 2 is 1.88 bits per heavy atom. The van der Waals surface area contributed by atoms with Gasteiger partial charge in [-0.3, -0.25) is 14.4 Å². The molecule has 8 heteroatoms. The van der Waals surface area contributed by atoms with Crippen molar-refractivity contribution < 1.29 is 23.9 Å². The first-order valence-corrected chi connectivity index (χ1v) is 11.5. The van der Waals surface area contributed by atoms with Crippen LogP contribution in [0.3, 0.4) is 0 Å². The van der Waals surface area contributed by atoms with Crippen molar-refractivity contribution in [1.29, 1.82) is 0 Å². The lowest BCUT2D eigenvalue weighted by atomic mass is 9.95. The number of benzene rings is 1. The van der Waals surface area contributed by atoms with Crippen molar-refractivity contribution in [3.8, 4) is 5.75 Å². The van der Waals surface area contributed by atoms with Crippen LogP contribution in [-0.2, 0) is 25.5 Å². The highest BCUT2D eigenvalue weighted by Crippen LogP contribution is 2.24. The van der Waals surface area contributed by atoms with E-state index in [1.54, 1.807) is 7.11 Å². The summed E-state index contributed by atoms with van der Waals surface area (Å²) in [4.78, 5) is 41.0. The van der Waals surface area contributed by atoms with Gasteiger partial charge in [0.1, 0.15) is 5.75 Å². The zero-order valence-corrected chi connectivity index (χ0v) is 19.2. The number of rotatable bonds is 10. The molecule has 0 radical (unpaired) electrons. The van der Waals surface area contributed by atoms with Crippen molar-refractivity contribution in [3.05, 3.63) is 29.8 Å². The second kappa shape index (κ2) is 11.9. The van der Waals surface area contributed by atoms with Crippen LogP contribution in [0.1, 0.15) is 31.7 Å². The lowest BCUT2D eigenvalue weighted by molar-refractivity contribution is -0.133. The predicted octanol–water partition coefficient (Wildman–Crippen LogP) is 1.48. The number of nitrogens with zero attached hydrogens (tertiary/aromatic N) is 2. The highest BCUT2D eigenvalue weighted by molar-refractivity contribution is 5.89. The standard InChI is InChI=1S/C24H35N3O5/c1-3-32-21-6-4-18(5-7-21)14-22(28)26-11-8-19(9-12-26)16-27-17-20(15-23(27)29)24(30)25-10-13-31-2/h4-7,19-20H,3,8-17H2,1-2H3,(H,25,30). The molecule has 1 N–H and O–H groups in total. The fraction of sp³-hybridized carbons (Fsp3) is 0.625. The van der Waals surface area contributed by atoms with Gasteiger partial charge < -0.3 is 24.6 Å². The Labute approximate surface area is 190 Å². The summed E-state index contributed by atoms with van der Waals surface area (Å²) in [6, 6.07) is 7.68. The smallest absolute Gasteiger partial charge is 0.226 e. The minimum atomic E-state index is -0.282. The molecule has 2 aliphatic rings. The minimum absolute atomic E-state index is 0.0471. The molecule has 1 aromatic carbocycles. The highest BCUT2D eigenvalue weighted by atomic mass is 16.5. The Bertz CT molecular complexity index is 774. The minimum Gasteiger partial charge on any atom is -0.494 e. The van der Waals surface area contributed by atoms with Crippen LogP contribution in [0.4, 0.5) is 0 Å². The lowest BCUT2D eigenvalue weighted by Crippen LogP contribution is -2.42. The van der Waals surface area contributed by atoms with Crippen molar-refractivity contribution in [3.63, 3.8) is 0 Å². The molecule has 0 aromatic heterocycles. The van der Waals surface area contributed by atoms with Gasteiger partial charge in [0.2, 0.25) is 17.7 Å². The molecule has 2 heterocycles. The molecular weight excluding hydrogens is 410 g/mol. The van der Waals surface area contributed by atoms with Crippen molar-refractivity contribution in [1.82, 2.24) is 15.1 Å². The molecule has 1 aromatic rings. The third-order valence-electron chi connectivity index (χ3n) is 6.23. The van der Waals surface area contributed by atoms with E-state index in [4.69, 9.17) is 9.47 Å². The normalized spacial score (nSPS) is 19.3. The Balaban J connectivity index is 1.40. The van der Waals surface area contributed by atoms with E-state index in [9.17, 15) is 14.4 Å². The van der Waals surface area contributed by atoms with Crippen LogP contribution >= 0.6 is 0 Å². The van der Waals surface area contributed by atoms with Crippen LogP contribution in [0, 0.1) is 11.8 Å². The topological polar surface area (TPSA) is 88.2 Å². The number of hydrogen-bond acceptors (Lipinski definition) is 5. The first-order valence-electron chi connectivity index (χ1n) is 11.5. The number of amides is 3. The highest BCUT2D eigenvalue weighted by Gasteiger charge is 2.35. The molecule has 8 nitrogen and oxygen atoms in total. The summed E-state index contributed by atoms with van der Waals surface area (Å²) in [5.74, 6) is 1.01. The first kappa shape index (κ1) is 24.0. The van der Waals surface area contributed by atoms with Crippen LogP contribution in [0.25, 0.3) is 0 Å². The van der Waals surface area contributed by atoms with E-state index < -0.39 is 0 Å². The van der Waals surface area contributed by atoms with Crippen molar-refractivity contribution >= 4 is 17.7 Å². The largest absolute Gasteiger partial charge is 0.494 e. The molecule has 0 saturated carbocycles. The average Bonchev–Trinajstić information content (AvgIpc) is 3.16. The van der Waals surface area contributed by atoms with Gasteiger partial charge in [0.15, 0.2) is 0 Å². The molecule has 3 rings (SSSR count). The number of ether oxygens (including phenoxy) is 2. The van der Waals surface area contributed by atoms with E-state index in [0.717, 1.165) is 24.2 Å². The van der Waals surface area contributed by atoms with Gasteiger partial charge >= 0.3 is 0 Å². The Kier molecular flexibility index (Phi) is 8.90. The van der Waals surface area contributed by atoms with Crippen LogP contribution < -0.4 is 10.1 Å². The van der Waals surface area contributed by atoms with Crippen molar-refractivity contribution in [2.24, 2.45) is 11.8 Å². The van der Waals surface area contributed by atoms with Crippen LogP contribution in [0.5, 0.6) is 5.75 Å². The van der Waals surface area contributed by atoms with E-state index in [1.807, 2.05) is 41.0 Å². The maximum Gasteiger partial charge on any atom is 0.226 e. The van der Waals surface area contributed by atoms with E-state index in [2.05, 4.69) is 5.32 Å². The van der Waals surface area contributed by atoms with E-state index in [1.165, 1.54) is 0 Å². The lowest BCUT2D eigenvalue weighted by Gasteiger charge is -2.34. The molecule has 0 aliphatic carbocycles. The average molecular weight is 446 g/mol. The summed E-state index contributed by atoms with van der Waals surface area (Å²) in [7, 11) is 1.59. The molecule has 0 spiro atoms. The van der Waals surface area contributed by atoms with Gasteiger partial charge in [-0.2, -0.15) is 0 Å². The molecule has 2 saturated heterocycles. The Morgan fingerprint density at radius 3 is 2.53 bits per heavy atom. The van der Waals surface area contributed by atoms with E-state index in [-0.39, 0.29) is 30.1 Å². The van der Waals surface area contributed by atoms with E-state index >= 15 is 0 Å². The maximum absolute atomic E-state index is 12.7. The maximum atomic E-state index is 12.7. The van der Waals surface area contributed by atoms with Gasteiger partial charge in [-0.25, -0.2) is 0 Å². The van der Waals surface area contributed by atoms with Crippen LogP contribution in [0.2, 0.25) is 0 Å². The summed E-state index contributed by atoms with van der Waals surface area (Å²) < 4.78 is 10.4. The van der Waals surface area contributed by atoms with Crippen molar-refractivity contribution in [2.75, 3.05) is 53.0 Å². The SMILES string of the molecule is CCOc1ccc(CC(=O)N2CCC(CN3CC(C(=O)NCCOC)CC3=O)CC2)cc1.